The van der Waals surface area contributed by atoms with E-state index < -0.39 is 0 Å². The van der Waals surface area contributed by atoms with Crippen LogP contribution in [0.25, 0.3) is 11.3 Å². The second kappa shape index (κ2) is 7.66. The van der Waals surface area contributed by atoms with Crippen LogP contribution in [0.3, 0.4) is 0 Å². The number of hydrogen-bond donors (Lipinski definition) is 0. The molecule has 6 nitrogen and oxygen atoms in total. The minimum Gasteiger partial charge on any atom is -0.384 e. The van der Waals surface area contributed by atoms with Crippen LogP contribution in [0.2, 0.25) is 0 Å². The van der Waals surface area contributed by atoms with Gasteiger partial charge in [-0.3, -0.25) is 9.58 Å². The number of imidazole rings is 1. The summed E-state index contributed by atoms with van der Waals surface area (Å²) in [5.74, 6) is 1.13. The zero-order chi connectivity index (χ0) is 18.8. The van der Waals surface area contributed by atoms with Crippen molar-refractivity contribution in [3.63, 3.8) is 0 Å². The second-order valence-electron chi connectivity index (χ2n) is 7.17. The van der Waals surface area contributed by atoms with Gasteiger partial charge in [-0.25, -0.2) is 4.98 Å². The van der Waals surface area contributed by atoms with E-state index in [-0.39, 0.29) is 0 Å². The SMILES string of the molecule is COCCc1nc(-c2ccccc2)c2n1CCN(Cc1cnn(C)c1C)C2. The van der Waals surface area contributed by atoms with E-state index >= 15 is 0 Å². The lowest BCUT2D eigenvalue weighted by molar-refractivity contribution is 0.192. The quantitative estimate of drug-likeness (QED) is 0.674. The summed E-state index contributed by atoms with van der Waals surface area (Å²) < 4.78 is 9.64. The molecule has 1 aromatic carbocycles. The number of benzene rings is 1. The second-order valence-corrected chi connectivity index (χ2v) is 7.17. The third-order valence-electron chi connectivity index (χ3n) is 5.47. The van der Waals surface area contributed by atoms with Crippen molar-refractivity contribution in [2.75, 3.05) is 20.3 Å². The van der Waals surface area contributed by atoms with Gasteiger partial charge < -0.3 is 9.30 Å². The maximum atomic E-state index is 5.29. The molecule has 3 aromatic rings. The fraction of sp³-hybridized carbons (Fsp3) is 0.429. The number of fused-ring (bicyclic) bond motifs is 1. The molecule has 2 aromatic heterocycles. The molecule has 3 heterocycles. The zero-order valence-corrected chi connectivity index (χ0v) is 16.4. The van der Waals surface area contributed by atoms with Gasteiger partial charge in [0, 0.05) is 63.6 Å². The van der Waals surface area contributed by atoms with Gasteiger partial charge in [0.25, 0.3) is 0 Å². The van der Waals surface area contributed by atoms with Crippen molar-refractivity contribution in [1.82, 2.24) is 24.2 Å². The molecule has 6 heteroatoms. The molecular formula is C21H27N5O. The Morgan fingerprint density at radius 1 is 1.15 bits per heavy atom. The van der Waals surface area contributed by atoms with Gasteiger partial charge >= 0.3 is 0 Å². The van der Waals surface area contributed by atoms with Gasteiger partial charge in [-0.15, -0.1) is 0 Å². The lowest BCUT2D eigenvalue weighted by atomic mass is 10.1. The summed E-state index contributed by atoms with van der Waals surface area (Å²) in [6, 6.07) is 10.5. The Morgan fingerprint density at radius 3 is 2.67 bits per heavy atom. The Bertz CT molecular complexity index is 912. The maximum absolute atomic E-state index is 5.29. The third-order valence-corrected chi connectivity index (χ3v) is 5.47. The Balaban J connectivity index is 1.64. The Labute approximate surface area is 160 Å². The number of aryl methyl sites for hydroxylation is 1. The first-order valence-corrected chi connectivity index (χ1v) is 9.50. The number of hydrogen-bond acceptors (Lipinski definition) is 4. The lowest BCUT2D eigenvalue weighted by Crippen LogP contribution is -2.34. The van der Waals surface area contributed by atoms with Crippen molar-refractivity contribution in [2.45, 2.75) is 33.0 Å². The summed E-state index contributed by atoms with van der Waals surface area (Å²) in [6.07, 6.45) is 2.83. The summed E-state index contributed by atoms with van der Waals surface area (Å²) in [7, 11) is 3.75. The Hall–Kier alpha value is -2.44. The van der Waals surface area contributed by atoms with Gasteiger partial charge in [-0.05, 0) is 6.92 Å². The fourth-order valence-corrected chi connectivity index (χ4v) is 3.78. The molecule has 0 bridgehead atoms. The van der Waals surface area contributed by atoms with Gasteiger partial charge in [-0.2, -0.15) is 5.10 Å². The molecule has 0 spiro atoms. The van der Waals surface area contributed by atoms with Crippen molar-refractivity contribution in [3.8, 4) is 11.3 Å². The molecule has 0 atom stereocenters. The fourth-order valence-electron chi connectivity index (χ4n) is 3.78. The molecule has 0 saturated carbocycles. The molecule has 1 aliphatic heterocycles. The van der Waals surface area contributed by atoms with Gasteiger partial charge in [0.05, 0.1) is 24.2 Å². The molecule has 4 rings (SSSR count). The van der Waals surface area contributed by atoms with Crippen LogP contribution in [0, 0.1) is 6.92 Å². The van der Waals surface area contributed by atoms with Crippen molar-refractivity contribution in [2.24, 2.45) is 7.05 Å². The van der Waals surface area contributed by atoms with E-state index in [1.54, 1.807) is 7.11 Å². The number of methoxy groups -OCH3 is 1. The first-order chi connectivity index (χ1) is 13.2. The van der Waals surface area contributed by atoms with Crippen LogP contribution in [0.4, 0.5) is 0 Å². The predicted molar refractivity (Wildman–Crippen MR) is 105 cm³/mol. The summed E-state index contributed by atoms with van der Waals surface area (Å²) in [5.41, 5.74) is 6.13. The van der Waals surface area contributed by atoms with E-state index in [0.29, 0.717) is 6.61 Å². The first-order valence-electron chi connectivity index (χ1n) is 9.50. The van der Waals surface area contributed by atoms with E-state index in [2.05, 4.69) is 51.8 Å². The Morgan fingerprint density at radius 2 is 1.96 bits per heavy atom. The average Bonchev–Trinajstić information content (AvgIpc) is 3.22. The molecule has 27 heavy (non-hydrogen) atoms. The van der Waals surface area contributed by atoms with Gasteiger partial charge in [0.1, 0.15) is 5.82 Å². The van der Waals surface area contributed by atoms with Crippen LogP contribution in [0.5, 0.6) is 0 Å². The van der Waals surface area contributed by atoms with Crippen LogP contribution in [-0.4, -0.2) is 44.5 Å². The molecule has 0 unspecified atom stereocenters. The number of aromatic nitrogens is 4. The first kappa shape index (κ1) is 17.9. The topological polar surface area (TPSA) is 48.1 Å². The molecule has 0 radical (unpaired) electrons. The van der Waals surface area contributed by atoms with Crippen molar-refractivity contribution in [3.05, 3.63) is 59.3 Å². The molecule has 1 aliphatic rings. The summed E-state index contributed by atoms with van der Waals surface area (Å²) >= 11 is 0. The average molecular weight is 365 g/mol. The van der Waals surface area contributed by atoms with Gasteiger partial charge in [0.15, 0.2) is 0 Å². The highest BCUT2D eigenvalue weighted by Gasteiger charge is 2.25. The summed E-state index contributed by atoms with van der Waals surface area (Å²) in [5, 5.41) is 4.39. The molecule has 0 fully saturated rings. The predicted octanol–water partition coefficient (Wildman–Crippen LogP) is 2.80. The standard InChI is InChI=1S/C21H27N5O/c1-16-18(13-22-24(16)2)14-25-10-11-26-19(15-25)21(17-7-5-4-6-8-17)23-20(26)9-12-27-3/h4-8,13H,9-12,14-15H2,1-3H3. The molecule has 0 saturated heterocycles. The van der Waals surface area contributed by atoms with Crippen LogP contribution >= 0.6 is 0 Å². The smallest absolute Gasteiger partial charge is 0.112 e. The highest BCUT2D eigenvalue weighted by atomic mass is 16.5. The Kier molecular flexibility index (Phi) is 5.09. The van der Waals surface area contributed by atoms with E-state index in [0.717, 1.165) is 44.1 Å². The minimum absolute atomic E-state index is 0.698. The third kappa shape index (κ3) is 3.55. The van der Waals surface area contributed by atoms with Crippen molar-refractivity contribution < 1.29 is 4.74 Å². The maximum Gasteiger partial charge on any atom is 0.112 e. The van der Waals surface area contributed by atoms with Gasteiger partial charge in [0.2, 0.25) is 0 Å². The van der Waals surface area contributed by atoms with Crippen molar-refractivity contribution >= 4 is 0 Å². The molecule has 0 N–H and O–H groups in total. The normalized spacial score (nSPS) is 14.5. The van der Waals surface area contributed by atoms with Crippen LogP contribution in [0.15, 0.2) is 36.5 Å². The lowest BCUT2D eigenvalue weighted by Gasteiger charge is -2.29. The summed E-state index contributed by atoms with van der Waals surface area (Å²) in [4.78, 5) is 7.50. The molecular weight excluding hydrogens is 338 g/mol. The van der Waals surface area contributed by atoms with E-state index in [9.17, 15) is 0 Å². The molecule has 142 valence electrons. The largest absolute Gasteiger partial charge is 0.384 e. The van der Waals surface area contributed by atoms with E-state index in [4.69, 9.17) is 9.72 Å². The monoisotopic (exact) mass is 365 g/mol. The summed E-state index contributed by atoms with van der Waals surface area (Å²) in [6.45, 7) is 6.64. The highest BCUT2D eigenvalue weighted by molar-refractivity contribution is 5.62. The molecule has 0 amide bonds. The number of rotatable bonds is 6. The number of nitrogens with zero attached hydrogens (tertiary/aromatic N) is 5. The van der Waals surface area contributed by atoms with E-state index in [1.807, 2.05) is 17.9 Å². The van der Waals surface area contributed by atoms with Crippen LogP contribution < -0.4 is 0 Å². The van der Waals surface area contributed by atoms with E-state index in [1.165, 1.54) is 22.5 Å². The molecule has 0 aliphatic carbocycles. The number of ether oxygens (including phenoxy) is 1. The zero-order valence-electron chi connectivity index (χ0n) is 16.4. The van der Waals surface area contributed by atoms with Crippen LogP contribution in [0.1, 0.15) is 22.8 Å². The van der Waals surface area contributed by atoms with Gasteiger partial charge in [-0.1, -0.05) is 30.3 Å². The van der Waals surface area contributed by atoms with Crippen molar-refractivity contribution in [1.29, 1.82) is 0 Å². The highest BCUT2D eigenvalue weighted by Crippen LogP contribution is 2.29. The minimum atomic E-state index is 0.698. The van der Waals surface area contributed by atoms with Crippen LogP contribution in [-0.2, 0) is 37.8 Å².